The zero-order valence-electron chi connectivity index (χ0n) is 10.6. The van der Waals surface area contributed by atoms with Crippen LogP contribution < -0.4 is 4.74 Å². The first kappa shape index (κ1) is 12.5. The fourth-order valence-electron chi connectivity index (χ4n) is 2.15. The van der Waals surface area contributed by atoms with Gasteiger partial charge in [0.05, 0.1) is 20.3 Å². The predicted molar refractivity (Wildman–Crippen MR) is 68.4 cm³/mol. The Morgan fingerprint density at radius 3 is 2.94 bits per heavy atom. The molecule has 2 rings (SSSR count). The van der Waals surface area contributed by atoms with Crippen molar-refractivity contribution in [3.05, 3.63) is 42.1 Å². The summed E-state index contributed by atoms with van der Waals surface area (Å²) in [6, 6.07) is 7.80. The number of amides is 1. The van der Waals surface area contributed by atoms with E-state index >= 15 is 0 Å². The molecular weight excluding hydrogens is 230 g/mol. The number of rotatable bonds is 2. The minimum Gasteiger partial charge on any atom is -0.497 e. The summed E-state index contributed by atoms with van der Waals surface area (Å²) in [4.78, 5) is 13.3. The second-order valence-corrected chi connectivity index (χ2v) is 4.13. The van der Waals surface area contributed by atoms with Crippen molar-refractivity contribution in [3.8, 4) is 5.75 Å². The Bertz CT molecular complexity index is 456. The van der Waals surface area contributed by atoms with Gasteiger partial charge in [-0.05, 0) is 30.5 Å². The third-order valence-electron chi connectivity index (χ3n) is 3.07. The van der Waals surface area contributed by atoms with Gasteiger partial charge < -0.3 is 9.47 Å². The molecular formula is C14H17NO3. The second-order valence-electron chi connectivity index (χ2n) is 4.13. The molecule has 0 bridgehead atoms. The summed E-state index contributed by atoms with van der Waals surface area (Å²) in [6.45, 7) is 0. The molecule has 0 aromatic heterocycles. The number of benzene rings is 1. The van der Waals surface area contributed by atoms with Crippen LogP contribution in [0, 0.1) is 0 Å². The lowest BCUT2D eigenvalue weighted by Gasteiger charge is -2.30. The summed E-state index contributed by atoms with van der Waals surface area (Å²) in [7, 11) is 3.03. The largest absolute Gasteiger partial charge is 0.497 e. The molecule has 0 spiro atoms. The van der Waals surface area contributed by atoms with Crippen LogP contribution in [-0.4, -0.2) is 25.2 Å². The van der Waals surface area contributed by atoms with Crippen molar-refractivity contribution in [2.45, 2.75) is 18.9 Å². The lowest BCUT2D eigenvalue weighted by atomic mass is 9.98. The zero-order valence-corrected chi connectivity index (χ0v) is 10.6. The van der Waals surface area contributed by atoms with E-state index in [9.17, 15) is 4.79 Å². The van der Waals surface area contributed by atoms with Gasteiger partial charge in [-0.15, -0.1) is 0 Å². The molecule has 4 nitrogen and oxygen atoms in total. The monoisotopic (exact) mass is 247 g/mol. The maximum atomic E-state index is 11.7. The van der Waals surface area contributed by atoms with E-state index in [-0.39, 0.29) is 12.1 Å². The highest BCUT2D eigenvalue weighted by molar-refractivity contribution is 5.69. The molecule has 1 aromatic carbocycles. The zero-order chi connectivity index (χ0) is 13.0. The lowest BCUT2D eigenvalue weighted by molar-refractivity contribution is 0.121. The van der Waals surface area contributed by atoms with Crippen LogP contribution in [0.3, 0.4) is 0 Å². The third kappa shape index (κ3) is 2.47. The molecule has 96 valence electrons. The number of methoxy groups -OCH3 is 2. The minimum atomic E-state index is -0.334. The number of nitrogens with zero attached hydrogens (tertiary/aromatic N) is 1. The van der Waals surface area contributed by atoms with Crippen LogP contribution in [0.15, 0.2) is 36.5 Å². The molecule has 0 fully saturated rings. The highest BCUT2D eigenvalue weighted by Gasteiger charge is 2.26. The van der Waals surface area contributed by atoms with Gasteiger partial charge in [-0.25, -0.2) is 4.79 Å². The van der Waals surface area contributed by atoms with Crippen LogP contribution in [0.25, 0.3) is 0 Å². The Balaban J connectivity index is 2.29. The van der Waals surface area contributed by atoms with E-state index in [1.54, 1.807) is 18.2 Å². The maximum Gasteiger partial charge on any atom is 0.414 e. The number of carbonyl (C=O) groups excluding carboxylic acids is 1. The molecule has 0 saturated carbocycles. The SMILES string of the molecule is COC(=O)N1C=CCCC1c1cccc(OC)c1. The van der Waals surface area contributed by atoms with Crippen molar-refractivity contribution < 1.29 is 14.3 Å². The predicted octanol–water partition coefficient (Wildman–Crippen LogP) is 3.11. The molecule has 18 heavy (non-hydrogen) atoms. The Hall–Kier alpha value is -1.97. The quantitative estimate of drug-likeness (QED) is 0.806. The number of carbonyl (C=O) groups is 1. The summed E-state index contributed by atoms with van der Waals surface area (Å²) in [5.74, 6) is 0.798. The highest BCUT2D eigenvalue weighted by Crippen LogP contribution is 2.31. The topological polar surface area (TPSA) is 38.8 Å². The van der Waals surface area contributed by atoms with E-state index in [4.69, 9.17) is 9.47 Å². The Morgan fingerprint density at radius 2 is 2.22 bits per heavy atom. The van der Waals surface area contributed by atoms with E-state index in [2.05, 4.69) is 0 Å². The molecule has 1 heterocycles. The van der Waals surface area contributed by atoms with Gasteiger partial charge in [-0.2, -0.15) is 0 Å². The van der Waals surface area contributed by atoms with Crippen molar-refractivity contribution >= 4 is 6.09 Å². The van der Waals surface area contributed by atoms with Crippen LogP contribution in [-0.2, 0) is 4.74 Å². The fraction of sp³-hybridized carbons (Fsp3) is 0.357. The summed E-state index contributed by atoms with van der Waals surface area (Å²) in [5, 5.41) is 0. The summed E-state index contributed by atoms with van der Waals surface area (Å²) < 4.78 is 10.0. The van der Waals surface area contributed by atoms with Gasteiger partial charge in [0.25, 0.3) is 0 Å². The van der Waals surface area contributed by atoms with Crippen LogP contribution in [0.1, 0.15) is 24.4 Å². The average Bonchev–Trinajstić information content (AvgIpc) is 2.46. The molecule has 0 radical (unpaired) electrons. The summed E-state index contributed by atoms with van der Waals surface area (Å²) in [6.07, 6.45) is 5.28. The van der Waals surface area contributed by atoms with Gasteiger partial charge in [0.2, 0.25) is 0 Å². The van der Waals surface area contributed by atoms with Crippen molar-refractivity contribution in [3.63, 3.8) is 0 Å². The Kier molecular flexibility index (Phi) is 3.87. The minimum absolute atomic E-state index is 0.0116. The van der Waals surface area contributed by atoms with Gasteiger partial charge in [-0.3, -0.25) is 4.90 Å². The number of ether oxygens (including phenoxy) is 2. The second kappa shape index (κ2) is 5.58. The van der Waals surface area contributed by atoms with E-state index in [0.717, 1.165) is 24.2 Å². The van der Waals surface area contributed by atoms with Crippen molar-refractivity contribution in [2.24, 2.45) is 0 Å². The fourth-order valence-corrected chi connectivity index (χ4v) is 2.15. The van der Waals surface area contributed by atoms with Crippen molar-refractivity contribution in [2.75, 3.05) is 14.2 Å². The van der Waals surface area contributed by atoms with Crippen LogP contribution in [0.2, 0.25) is 0 Å². The molecule has 1 amide bonds. The van der Waals surface area contributed by atoms with E-state index in [1.165, 1.54) is 7.11 Å². The number of hydrogen-bond acceptors (Lipinski definition) is 3. The normalized spacial score (nSPS) is 18.6. The van der Waals surface area contributed by atoms with E-state index in [1.807, 2.05) is 30.3 Å². The molecule has 1 aliphatic heterocycles. The maximum absolute atomic E-state index is 11.7. The molecule has 1 aliphatic rings. The average molecular weight is 247 g/mol. The van der Waals surface area contributed by atoms with E-state index in [0.29, 0.717) is 0 Å². The van der Waals surface area contributed by atoms with Gasteiger partial charge in [-0.1, -0.05) is 18.2 Å². The Labute approximate surface area is 107 Å². The highest BCUT2D eigenvalue weighted by atomic mass is 16.5. The lowest BCUT2D eigenvalue weighted by Crippen LogP contribution is -2.31. The Morgan fingerprint density at radius 1 is 1.39 bits per heavy atom. The van der Waals surface area contributed by atoms with Crippen molar-refractivity contribution in [1.29, 1.82) is 0 Å². The molecule has 0 aliphatic carbocycles. The molecule has 0 N–H and O–H groups in total. The third-order valence-corrected chi connectivity index (χ3v) is 3.07. The van der Waals surface area contributed by atoms with Gasteiger partial charge in [0.15, 0.2) is 0 Å². The van der Waals surface area contributed by atoms with Crippen molar-refractivity contribution in [1.82, 2.24) is 4.90 Å². The van der Waals surface area contributed by atoms with Crippen LogP contribution in [0.4, 0.5) is 4.79 Å². The standard InChI is InChI=1S/C14H17NO3/c1-17-12-7-5-6-11(10-12)13-8-3-4-9-15(13)14(16)18-2/h4-7,9-10,13H,3,8H2,1-2H3. The summed E-state index contributed by atoms with van der Waals surface area (Å²) >= 11 is 0. The van der Waals surface area contributed by atoms with Crippen LogP contribution >= 0.6 is 0 Å². The molecule has 0 saturated heterocycles. The smallest absolute Gasteiger partial charge is 0.414 e. The molecule has 4 heteroatoms. The van der Waals surface area contributed by atoms with Gasteiger partial charge >= 0.3 is 6.09 Å². The first-order chi connectivity index (χ1) is 8.76. The molecule has 1 unspecified atom stereocenters. The van der Waals surface area contributed by atoms with Gasteiger partial charge in [0, 0.05) is 6.20 Å². The molecule has 1 atom stereocenters. The number of hydrogen-bond donors (Lipinski definition) is 0. The first-order valence-corrected chi connectivity index (χ1v) is 5.93. The first-order valence-electron chi connectivity index (χ1n) is 5.93. The van der Waals surface area contributed by atoms with Crippen LogP contribution in [0.5, 0.6) is 5.75 Å². The summed E-state index contributed by atoms with van der Waals surface area (Å²) in [5.41, 5.74) is 1.06. The van der Waals surface area contributed by atoms with E-state index < -0.39 is 0 Å². The molecule has 1 aromatic rings. The van der Waals surface area contributed by atoms with Gasteiger partial charge in [0.1, 0.15) is 5.75 Å². The number of allylic oxidation sites excluding steroid dienone is 1.